The number of benzene rings is 2. The SMILES string of the molecule is CC(C)CC(NC(=O)C(Cc1ccc(O)cc1)NC(=O)C(N)CC(=O)O)C(=O)NC(CCCN=C(N)N)C(=O)NC(CCCN=C(N)N)C(=O)NC(CCCN=C(N)N)C(=O)NC(C(=O)NC(CC(=O)O)C(=O)NC(Cc1ccccc1)C(=O)O)C(C)C. The van der Waals surface area contributed by atoms with Gasteiger partial charge < -0.3 is 103 Å². The highest BCUT2D eigenvalue weighted by Crippen LogP contribution is 2.15. The number of carboxylic acid groups (broad SMARTS) is 3. The van der Waals surface area contributed by atoms with E-state index in [2.05, 4.69) is 57.5 Å². The second-order valence-electron chi connectivity index (χ2n) is 21.3. The predicted molar refractivity (Wildman–Crippen MR) is 322 cm³/mol. The quantitative estimate of drug-likeness (QED) is 0.0169. The average molecular weight is 1240 g/mol. The molecule has 33 heteroatoms. The van der Waals surface area contributed by atoms with Crippen LogP contribution in [0.2, 0.25) is 0 Å². The first-order valence-electron chi connectivity index (χ1n) is 28.2. The molecule has 0 fully saturated rings. The standard InChI is InChI=1S/C55H86N18O15/c1-28(2)23-37(70-49(84)38(24-31-16-18-32(74)19-17-31)69-44(79)33(56)26-41(75)76)48(83)68-35(14-9-21-64-54(59)60)46(81)66-34(13-8-20-63-53(57)58)45(80)67-36(15-10-22-65-55(61)62)47(82)73-43(29(3)4)51(86)71-39(27-42(77)78)50(85)72-40(52(87)88)25-30-11-6-5-7-12-30/h5-7,11-12,16-19,28-29,33-40,43,74H,8-10,13-15,20-27,56H2,1-4H3,(H,66,81)(H,67,80)(H,68,83)(H,69,79)(H,70,84)(H,71,86)(H,72,85)(H,73,82)(H,75,76)(H,77,78)(H,87,88)(H4,57,58,63)(H4,59,60,64)(H4,61,62,65). The molecular formula is C55H86N18O15. The first-order valence-corrected chi connectivity index (χ1v) is 28.2. The second kappa shape index (κ2) is 38.3. The minimum atomic E-state index is -1.84. The molecule has 2 aromatic rings. The van der Waals surface area contributed by atoms with Crippen molar-refractivity contribution in [1.29, 1.82) is 0 Å². The summed E-state index contributed by atoms with van der Waals surface area (Å²) in [4.78, 5) is 160. The molecule has 26 N–H and O–H groups in total. The van der Waals surface area contributed by atoms with Gasteiger partial charge in [0.25, 0.3) is 0 Å². The van der Waals surface area contributed by atoms with Gasteiger partial charge in [-0.2, -0.15) is 0 Å². The summed E-state index contributed by atoms with van der Waals surface area (Å²) >= 11 is 0. The van der Waals surface area contributed by atoms with Crippen molar-refractivity contribution in [3.8, 4) is 5.75 Å². The van der Waals surface area contributed by atoms with Crippen molar-refractivity contribution in [2.75, 3.05) is 19.6 Å². The van der Waals surface area contributed by atoms with E-state index in [-0.39, 0.29) is 107 Å². The zero-order chi connectivity index (χ0) is 66.2. The van der Waals surface area contributed by atoms with Crippen LogP contribution in [0.1, 0.15) is 96.6 Å². The maximum atomic E-state index is 14.6. The molecule has 33 nitrogen and oxygen atoms in total. The molecule has 9 atom stereocenters. The molecule has 8 amide bonds. The van der Waals surface area contributed by atoms with Crippen molar-refractivity contribution in [1.82, 2.24) is 42.5 Å². The molecule has 0 aliphatic heterocycles. The van der Waals surface area contributed by atoms with Crippen molar-refractivity contribution in [2.45, 2.75) is 153 Å². The van der Waals surface area contributed by atoms with Crippen LogP contribution in [0.4, 0.5) is 0 Å². The highest BCUT2D eigenvalue weighted by atomic mass is 16.4. The van der Waals surface area contributed by atoms with Gasteiger partial charge in [0.2, 0.25) is 47.3 Å². The van der Waals surface area contributed by atoms with E-state index in [1.807, 2.05) is 0 Å². The number of carbonyl (C=O) groups is 11. The van der Waals surface area contributed by atoms with E-state index in [1.54, 1.807) is 44.2 Å². The average Bonchev–Trinajstić information content (AvgIpc) is 3.66. The highest BCUT2D eigenvalue weighted by molar-refractivity contribution is 5.99. The van der Waals surface area contributed by atoms with Crippen LogP contribution >= 0.6 is 0 Å². The van der Waals surface area contributed by atoms with E-state index in [1.165, 1.54) is 38.1 Å². The van der Waals surface area contributed by atoms with Crippen LogP contribution < -0.4 is 82.7 Å². The molecule has 0 bridgehead atoms. The number of guanidine groups is 3. The van der Waals surface area contributed by atoms with Crippen LogP contribution in [-0.4, -0.2) is 177 Å². The minimum absolute atomic E-state index is 0.0326. The second-order valence-corrected chi connectivity index (χ2v) is 21.3. The van der Waals surface area contributed by atoms with E-state index in [0.717, 1.165) is 0 Å². The molecule has 2 aromatic carbocycles. The van der Waals surface area contributed by atoms with Crippen LogP contribution in [0.5, 0.6) is 5.75 Å². The lowest BCUT2D eigenvalue weighted by molar-refractivity contribution is -0.144. The Bertz CT molecular complexity index is 2770. The number of phenols is 1. The Morgan fingerprint density at radius 2 is 0.795 bits per heavy atom. The van der Waals surface area contributed by atoms with E-state index in [4.69, 9.17) is 40.1 Å². The van der Waals surface area contributed by atoms with Gasteiger partial charge in [0.1, 0.15) is 54.1 Å². The lowest BCUT2D eigenvalue weighted by Gasteiger charge is -2.29. The molecule has 0 radical (unpaired) electrons. The summed E-state index contributed by atoms with van der Waals surface area (Å²) in [6.07, 6.45) is -2.71. The van der Waals surface area contributed by atoms with Crippen LogP contribution in [0, 0.1) is 11.8 Å². The fraction of sp³-hybridized carbons (Fsp3) is 0.527. The highest BCUT2D eigenvalue weighted by Gasteiger charge is 2.37. The van der Waals surface area contributed by atoms with E-state index in [9.17, 15) is 73.2 Å². The summed E-state index contributed by atoms with van der Waals surface area (Å²) in [5, 5.41) is 58.8. The zero-order valence-corrected chi connectivity index (χ0v) is 49.6. The Balaban J connectivity index is 2.59. The monoisotopic (exact) mass is 1240 g/mol. The van der Waals surface area contributed by atoms with Crippen molar-refractivity contribution in [3.63, 3.8) is 0 Å². The number of aliphatic imine (C=N–C) groups is 3. The predicted octanol–water partition coefficient (Wildman–Crippen LogP) is -4.72. The van der Waals surface area contributed by atoms with Gasteiger partial charge in [-0.05, 0) is 80.0 Å². The van der Waals surface area contributed by atoms with Gasteiger partial charge in [-0.1, -0.05) is 70.2 Å². The van der Waals surface area contributed by atoms with E-state index >= 15 is 0 Å². The number of carbonyl (C=O) groups excluding carboxylic acids is 8. The summed E-state index contributed by atoms with van der Waals surface area (Å²) in [7, 11) is 0. The van der Waals surface area contributed by atoms with Gasteiger partial charge >= 0.3 is 17.9 Å². The number of aliphatic carboxylic acids is 3. The number of aromatic hydroxyl groups is 1. The smallest absolute Gasteiger partial charge is 0.326 e. The van der Waals surface area contributed by atoms with Crippen molar-refractivity contribution >= 4 is 83.0 Å². The molecule has 9 unspecified atom stereocenters. The number of phenolic OH excluding ortho intramolecular Hbond substituents is 1. The molecule has 2 rings (SSSR count). The number of nitrogens with two attached hydrogens (primary N) is 7. The van der Waals surface area contributed by atoms with Gasteiger partial charge in [0.15, 0.2) is 17.9 Å². The number of nitrogens with one attached hydrogen (secondary N) is 8. The Labute approximate surface area is 508 Å². The topological polar surface area (TPSA) is 584 Å². The Morgan fingerprint density at radius 3 is 1.22 bits per heavy atom. The van der Waals surface area contributed by atoms with E-state index in [0.29, 0.717) is 11.1 Å². The number of hydrogen-bond donors (Lipinski definition) is 19. The number of hydrogen-bond acceptors (Lipinski definition) is 16. The van der Waals surface area contributed by atoms with Gasteiger partial charge in [-0.3, -0.25) is 62.9 Å². The fourth-order valence-corrected chi connectivity index (χ4v) is 8.50. The molecule has 0 aliphatic carbocycles. The van der Waals surface area contributed by atoms with Crippen molar-refractivity contribution in [3.05, 3.63) is 65.7 Å². The Hall–Kier alpha value is -9.82. The lowest BCUT2D eigenvalue weighted by Crippen LogP contribution is -2.61. The summed E-state index contributed by atoms with van der Waals surface area (Å²) in [6, 6.07) is -0.0939. The fourth-order valence-electron chi connectivity index (χ4n) is 8.50. The third-order valence-electron chi connectivity index (χ3n) is 13.0. The summed E-state index contributed by atoms with van der Waals surface area (Å²) in [5.74, 6) is -14.4. The zero-order valence-electron chi connectivity index (χ0n) is 49.6. The maximum Gasteiger partial charge on any atom is 0.326 e. The van der Waals surface area contributed by atoms with E-state index < -0.39 is 138 Å². The largest absolute Gasteiger partial charge is 0.508 e. The molecule has 0 heterocycles. The molecule has 0 saturated carbocycles. The third kappa shape index (κ3) is 29.3. The summed E-state index contributed by atoms with van der Waals surface area (Å²) in [5.41, 5.74) is 40.0. The van der Waals surface area contributed by atoms with Crippen molar-refractivity contribution in [2.24, 2.45) is 66.9 Å². The summed E-state index contributed by atoms with van der Waals surface area (Å²) < 4.78 is 0. The van der Waals surface area contributed by atoms with Crippen LogP contribution in [0.3, 0.4) is 0 Å². The molecular weight excluding hydrogens is 1150 g/mol. The summed E-state index contributed by atoms with van der Waals surface area (Å²) in [6.45, 7) is 6.33. The van der Waals surface area contributed by atoms with Crippen LogP contribution in [0.15, 0.2) is 69.6 Å². The van der Waals surface area contributed by atoms with Crippen molar-refractivity contribution < 1.29 is 73.2 Å². The molecule has 0 spiro atoms. The normalized spacial score (nSPS) is 14.0. The van der Waals surface area contributed by atoms with Gasteiger partial charge in [0, 0.05) is 32.5 Å². The number of nitrogens with zero attached hydrogens (tertiary/aromatic N) is 3. The molecule has 0 aromatic heterocycles. The first-order chi connectivity index (χ1) is 41.4. The number of carboxylic acids is 3. The molecule has 0 saturated heterocycles. The Kier molecular flexibility index (Phi) is 32.3. The maximum absolute atomic E-state index is 14.6. The molecule has 0 aliphatic rings. The molecule has 88 heavy (non-hydrogen) atoms. The first kappa shape index (κ1) is 74.3. The van der Waals surface area contributed by atoms with Gasteiger partial charge in [-0.15, -0.1) is 0 Å². The molecule has 486 valence electrons. The minimum Gasteiger partial charge on any atom is -0.508 e. The van der Waals surface area contributed by atoms with Crippen LogP contribution in [-0.2, 0) is 65.6 Å². The van der Waals surface area contributed by atoms with Crippen LogP contribution in [0.25, 0.3) is 0 Å². The lowest BCUT2D eigenvalue weighted by atomic mass is 9.99. The van der Waals surface area contributed by atoms with Gasteiger partial charge in [0.05, 0.1) is 18.9 Å². The Morgan fingerprint density at radius 1 is 0.432 bits per heavy atom. The van der Waals surface area contributed by atoms with Gasteiger partial charge in [-0.25, -0.2) is 4.79 Å². The number of amides is 8. The third-order valence-corrected chi connectivity index (χ3v) is 13.0. The number of rotatable bonds is 40.